The summed E-state index contributed by atoms with van der Waals surface area (Å²) in [4.78, 5) is 0. The molecule has 0 bridgehead atoms. The van der Waals surface area contributed by atoms with E-state index in [0.29, 0.717) is 18.1 Å². The summed E-state index contributed by atoms with van der Waals surface area (Å²) in [6, 6.07) is 26.0. The molecule has 0 fully saturated rings. The van der Waals surface area contributed by atoms with Gasteiger partial charge >= 0.3 is 0 Å². The molecule has 196 valence electrons. The van der Waals surface area contributed by atoms with E-state index in [4.69, 9.17) is 16.3 Å². The minimum absolute atomic E-state index is 0. The van der Waals surface area contributed by atoms with Crippen molar-refractivity contribution in [1.29, 1.82) is 0 Å². The highest BCUT2D eigenvalue weighted by Crippen LogP contribution is 2.17. The van der Waals surface area contributed by atoms with Crippen molar-refractivity contribution in [2.24, 2.45) is 0 Å². The maximum Gasteiger partial charge on any atom is 0.119 e. The predicted octanol–water partition coefficient (Wildman–Crippen LogP) is 4.98. The molecule has 0 aliphatic carbocycles. The van der Waals surface area contributed by atoms with Gasteiger partial charge in [0.05, 0.1) is 6.10 Å². The van der Waals surface area contributed by atoms with E-state index < -0.39 is 12.2 Å². The first-order valence-corrected chi connectivity index (χ1v) is 12.6. The summed E-state index contributed by atoms with van der Waals surface area (Å²) < 4.78 is 5.61. The summed E-state index contributed by atoms with van der Waals surface area (Å²) in [6.07, 6.45) is 0.609. The first kappa shape index (κ1) is 30.1. The third-order valence-corrected chi connectivity index (χ3v) is 6.12. The zero-order valence-electron chi connectivity index (χ0n) is 20.9. The molecule has 0 aliphatic rings. The summed E-state index contributed by atoms with van der Waals surface area (Å²) in [5.41, 5.74) is 3.32. The molecule has 0 saturated heterocycles. The van der Waals surface area contributed by atoms with Crippen molar-refractivity contribution in [3.05, 3.63) is 101 Å². The fourth-order valence-electron chi connectivity index (χ4n) is 3.91. The van der Waals surface area contributed by atoms with Crippen molar-refractivity contribution in [2.45, 2.75) is 51.0 Å². The zero-order valence-corrected chi connectivity index (χ0v) is 22.5. The van der Waals surface area contributed by atoms with Gasteiger partial charge in [0.25, 0.3) is 0 Å². The van der Waals surface area contributed by atoms with Gasteiger partial charge in [0.1, 0.15) is 18.5 Å². The quantitative estimate of drug-likeness (QED) is 0.235. The fourth-order valence-corrected chi connectivity index (χ4v) is 4.11. The van der Waals surface area contributed by atoms with Crippen molar-refractivity contribution >= 4 is 24.0 Å². The lowest BCUT2D eigenvalue weighted by Gasteiger charge is -2.19. The van der Waals surface area contributed by atoms with Crippen molar-refractivity contribution in [1.82, 2.24) is 10.6 Å². The van der Waals surface area contributed by atoms with Crippen molar-refractivity contribution < 1.29 is 14.9 Å². The first-order valence-electron chi connectivity index (χ1n) is 12.2. The molecule has 4 N–H and O–H groups in total. The van der Waals surface area contributed by atoms with Gasteiger partial charge in [0, 0.05) is 30.2 Å². The van der Waals surface area contributed by atoms with Gasteiger partial charge in [-0.25, -0.2) is 0 Å². The van der Waals surface area contributed by atoms with Gasteiger partial charge < -0.3 is 25.6 Å². The van der Waals surface area contributed by atoms with Crippen molar-refractivity contribution in [2.75, 3.05) is 19.7 Å². The Morgan fingerprint density at radius 2 is 1.36 bits per heavy atom. The average molecular weight is 534 g/mol. The summed E-state index contributed by atoms with van der Waals surface area (Å²) in [5.74, 6) is 0.765. The summed E-state index contributed by atoms with van der Waals surface area (Å²) in [7, 11) is 0. The number of halogens is 2. The number of aliphatic hydroxyl groups is 2. The molecule has 7 heteroatoms. The molecule has 0 amide bonds. The lowest BCUT2D eigenvalue weighted by Crippen LogP contribution is -2.37. The van der Waals surface area contributed by atoms with Crippen LogP contribution in [0, 0.1) is 0 Å². The normalized spacial score (nSPS) is 14.4. The van der Waals surface area contributed by atoms with Gasteiger partial charge in [-0.2, -0.15) is 0 Å². The van der Waals surface area contributed by atoms with E-state index in [-0.39, 0.29) is 31.1 Å². The van der Waals surface area contributed by atoms with E-state index in [9.17, 15) is 10.2 Å². The predicted molar refractivity (Wildman–Crippen MR) is 150 cm³/mol. The number of nitrogens with one attached hydrogen (secondary N) is 2. The minimum atomic E-state index is -0.587. The molecule has 3 aromatic carbocycles. The Balaban J connectivity index is 0.00000456. The Hall–Kier alpha value is -2.12. The van der Waals surface area contributed by atoms with Crippen LogP contribution in [-0.2, 0) is 12.8 Å². The minimum Gasteiger partial charge on any atom is -0.491 e. The largest absolute Gasteiger partial charge is 0.491 e. The van der Waals surface area contributed by atoms with Crippen LogP contribution in [0.15, 0.2) is 78.9 Å². The molecule has 0 unspecified atom stereocenters. The number of ether oxygens (including phenoxy) is 1. The SMILES string of the molecule is C[C@H](Cc1ccc(C[C@@H](C)NC[C@H](O)c2cccc(Cl)c2)cc1)NC[C@H](O)COc1ccccc1.Cl. The van der Waals surface area contributed by atoms with Crippen LogP contribution < -0.4 is 15.4 Å². The topological polar surface area (TPSA) is 73.8 Å². The van der Waals surface area contributed by atoms with Crippen LogP contribution in [-0.4, -0.2) is 48.1 Å². The van der Waals surface area contributed by atoms with E-state index in [0.717, 1.165) is 24.2 Å². The molecule has 0 spiro atoms. The average Bonchev–Trinajstić information content (AvgIpc) is 2.86. The number of benzene rings is 3. The Bertz CT molecular complexity index is 1000. The Kier molecular flexibility index (Phi) is 13.3. The van der Waals surface area contributed by atoms with E-state index in [1.165, 1.54) is 11.1 Å². The molecule has 0 radical (unpaired) electrons. The zero-order chi connectivity index (χ0) is 25.0. The van der Waals surface area contributed by atoms with Crippen molar-refractivity contribution in [3.63, 3.8) is 0 Å². The molecule has 0 aliphatic heterocycles. The van der Waals surface area contributed by atoms with Gasteiger partial charge in [-0.05, 0) is 67.6 Å². The molecule has 0 heterocycles. The Labute approximate surface area is 226 Å². The molecular formula is C29H38Cl2N2O3. The number of para-hydroxylation sites is 1. The smallest absolute Gasteiger partial charge is 0.119 e. The van der Waals surface area contributed by atoms with E-state index in [1.807, 2.05) is 42.5 Å². The van der Waals surface area contributed by atoms with E-state index in [2.05, 4.69) is 48.7 Å². The lowest BCUT2D eigenvalue weighted by atomic mass is 10.0. The maximum absolute atomic E-state index is 10.4. The second-order valence-corrected chi connectivity index (χ2v) is 9.63. The highest BCUT2D eigenvalue weighted by atomic mass is 35.5. The third-order valence-electron chi connectivity index (χ3n) is 5.89. The molecule has 0 aromatic heterocycles. The van der Waals surface area contributed by atoms with Crippen molar-refractivity contribution in [3.8, 4) is 5.75 Å². The van der Waals surface area contributed by atoms with Crippen LogP contribution in [0.2, 0.25) is 5.02 Å². The molecule has 36 heavy (non-hydrogen) atoms. The summed E-state index contributed by atoms with van der Waals surface area (Å²) in [5, 5.41) is 28.0. The Morgan fingerprint density at radius 1 is 0.778 bits per heavy atom. The maximum atomic E-state index is 10.4. The number of hydrogen-bond donors (Lipinski definition) is 4. The first-order chi connectivity index (χ1) is 16.9. The van der Waals surface area contributed by atoms with Crippen LogP contribution in [0.1, 0.15) is 36.6 Å². The van der Waals surface area contributed by atoms with Crippen LogP contribution in [0.5, 0.6) is 5.75 Å². The standard InChI is InChI=1S/C29H37ClN2O3.ClH/c1-21(31-18-27(33)20-35-28-9-4-3-5-10-28)15-23-11-13-24(14-12-23)16-22(2)32-19-29(34)25-7-6-8-26(30)17-25;/h3-14,17,21-22,27,29,31-34H,15-16,18-20H2,1-2H3;1H/t21-,22-,27+,29+;/m1./s1. The van der Waals surface area contributed by atoms with E-state index >= 15 is 0 Å². The Morgan fingerprint density at radius 3 is 1.94 bits per heavy atom. The lowest BCUT2D eigenvalue weighted by molar-refractivity contribution is 0.104. The van der Waals surface area contributed by atoms with Gasteiger partial charge in [0.2, 0.25) is 0 Å². The van der Waals surface area contributed by atoms with Gasteiger partial charge in [-0.3, -0.25) is 0 Å². The monoisotopic (exact) mass is 532 g/mol. The molecule has 3 rings (SSSR count). The molecular weight excluding hydrogens is 495 g/mol. The van der Waals surface area contributed by atoms with Gasteiger partial charge in [0.15, 0.2) is 0 Å². The number of rotatable bonds is 14. The fraction of sp³-hybridized carbons (Fsp3) is 0.379. The van der Waals surface area contributed by atoms with Crippen LogP contribution in [0.4, 0.5) is 0 Å². The van der Waals surface area contributed by atoms with Gasteiger partial charge in [-0.1, -0.05) is 66.2 Å². The van der Waals surface area contributed by atoms with Crippen LogP contribution >= 0.6 is 24.0 Å². The van der Waals surface area contributed by atoms with Crippen LogP contribution in [0.25, 0.3) is 0 Å². The highest BCUT2D eigenvalue weighted by Gasteiger charge is 2.12. The van der Waals surface area contributed by atoms with Crippen LogP contribution in [0.3, 0.4) is 0 Å². The second-order valence-electron chi connectivity index (χ2n) is 9.19. The third kappa shape index (κ3) is 10.9. The second kappa shape index (κ2) is 15.9. The number of hydrogen-bond acceptors (Lipinski definition) is 5. The molecule has 5 nitrogen and oxygen atoms in total. The highest BCUT2D eigenvalue weighted by molar-refractivity contribution is 6.30. The number of aliphatic hydroxyl groups excluding tert-OH is 2. The molecule has 4 atom stereocenters. The summed E-state index contributed by atoms with van der Waals surface area (Å²) in [6.45, 7) is 5.47. The van der Waals surface area contributed by atoms with Gasteiger partial charge in [-0.15, -0.1) is 12.4 Å². The van der Waals surface area contributed by atoms with E-state index in [1.54, 1.807) is 12.1 Å². The summed E-state index contributed by atoms with van der Waals surface area (Å²) >= 11 is 6.02. The molecule has 3 aromatic rings. The molecule has 0 saturated carbocycles.